The number of benzene rings is 2. The van der Waals surface area contributed by atoms with Crippen LogP contribution in [-0.4, -0.2) is 51.9 Å². The quantitative estimate of drug-likeness (QED) is 0.408. The fourth-order valence-corrected chi connectivity index (χ4v) is 5.60. The number of hydrogen-bond donors (Lipinski definition) is 0. The molecule has 0 bridgehead atoms. The molecule has 0 unspecified atom stereocenters. The maximum Gasteiger partial charge on any atom is 0.270 e. The number of thiophene rings is 1. The van der Waals surface area contributed by atoms with Gasteiger partial charge in [0.25, 0.3) is 11.8 Å². The first-order valence-corrected chi connectivity index (χ1v) is 12.3. The number of carbonyl (C=O) groups is 2. The number of nitrogens with zero attached hydrogens (tertiary/aromatic N) is 3. The van der Waals surface area contributed by atoms with E-state index in [1.54, 1.807) is 17.4 Å². The number of halogens is 1. The van der Waals surface area contributed by atoms with Crippen molar-refractivity contribution in [2.24, 2.45) is 0 Å². The molecule has 3 heterocycles. The summed E-state index contributed by atoms with van der Waals surface area (Å²) in [4.78, 5) is 31.4. The van der Waals surface area contributed by atoms with Crippen molar-refractivity contribution in [1.29, 1.82) is 0 Å². The summed E-state index contributed by atoms with van der Waals surface area (Å²) in [6.07, 6.45) is 0. The van der Waals surface area contributed by atoms with E-state index in [1.165, 1.54) is 12.1 Å². The van der Waals surface area contributed by atoms with E-state index in [1.807, 2.05) is 76.1 Å². The first-order chi connectivity index (χ1) is 16.4. The molecule has 1 saturated heterocycles. The van der Waals surface area contributed by atoms with Crippen LogP contribution in [0.4, 0.5) is 4.39 Å². The molecule has 0 radical (unpaired) electrons. The third-order valence-corrected chi connectivity index (χ3v) is 7.45. The molecule has 2 aromatic heterocycles. The lowest BCUT2D eigenvalue weighted by molar-refractivity contribution is 0.0409. The third-order valence-electron chi connectivity index (χ3n) is 6.50. The van der Waals surface area contributed by atoms with Crippen molar-refractivity contribution in [3.63, 3.8) is 0 Å². The summed E-state index contributed by atoms with van der Waals surface area (Å²) >= 11 is 1.57. The zero-order valence-electron chi connectivity index (χ0n) is 19.2. The van der Waals surface area contributed by atoms with Gasteiger partial charge in [-0.15, -0.1) is 11.3 Å². The molecule has 34 heavy (non-hydrogen) atoms. The van der Waals surface area contributed by atoms with E-state index >= 15 is 0 Å². The first-order valence-electron chi connectivity index (χ1n) is 11.4. The van der Waals surface area contributed by atoms with Gasteiger partial charge in [-0.05, 0) is 60.7 Å². The SMILES string of the molecule is Cc1ccccc1C(=O)N1CCN(C(=O)c2cc3ccsc3n2Cc2cccc(F)c2)C[C@@H]1C. The lowest BCUT2D eigenvalue weighted by Gasteiger charge is -2.40. The fraction of sp³-hybridized carbons (Fsp3) is 0.259. The molecule has 1 fully saturated rings. The number of carbonyl (C=O) groups excluding carboxylic acids is 2. The second-order valence-electron chi connectivity index (χ2n) is 8.84. The molecule has 1 atom stereocenters. The van der Waals surface area contributed by atoms with Gasteiger partial charge < -0.3 is 14.4 Å². The number of hydrogen-bond acceptors (Lipinski definition) is 3. The molecular formula is C27H26FN3O2S. The second kappa shape index (κ2) is 9.06. The Bertz CT molecular complexity index is 1380. The molecule has 0 aliphatic carbocycles. The molecule has 5 nitrogen and oxygen atoms in total. The summed E-state index contributed by atoms with van der Waals surface area (Å²) in [6, 6.07) is 17.9. The van der Waals surface area contributed by atoms with Gasteiger partial charge in [-0.1, -0.05) is 30.3 Å². The van der Waals surface area contributed by atoms with E-state index in [-0.39, 0.29) is 23.7 Å². The van der Waals surface area contributed by atoms with Crippen molar-refractivity contribution in [2.75, 3.05) is 19.6 Å². The van der Waals surface area contributed by atoms with Crippen LogP contribution in [0.2, 0.25) is 0 Å². The average molecular weight is 476 g/mol. The molecule has 0 spiro atoms. The number of aromatic nitrogens is 1. The van der Waals surface area contributed by atoms with Crippen molar-refractivity contribution in [3.8, 4) is 0 Å². The minimum atomic E-state index is -0.289. The molecule has 1 aliphatic heterocycles. The van der Waals surface area contributed by atoms with E-state index in [0.29, 0.717) is 37.4 Å². The zero-order valence-corrected chi connectivity index (χ0v) is 20.0. The standard InChI is InChI=1S/C27H26FN3O2S/c1-18-6-3-4-9-23(18)25(32)30-12-11-29(16-19(30)2)26(33)24-15-21-10-13-34-27(21)31(24)17-20-7-5-8-22(28)14-20/h3-10,13-15,19H,11-12,16-17H2,1-2H3/t19-/m0/s1. The number of piperazine rings is 1. The van der Waals surface area contributed by atoms with Crippen LogP contribution in [0.25, 0.3) is 10.2 Å². The molecule has 1 aliphatic rings. The summed E-state index contributed by atoms with van der Waals surface area (Å²) in [7, 11) is 0. The number of aryl methyl sites for hydroxylation is 1. The predicted molar refractivity (Wildman–Crippen MR) is 133 cm³/mol. The van der Waals surface area contributed by atoms with Gasteiger partial charge in [-0.3, -0.25) is 9.59 Å². The first kappa shape index (κ1) is 22.3. The maximum absolute atomic E-state index is 13.8. The molecular weight excluding hydrogens is 449 g/mol. The van der Waals surface area contributed by atoms with Crippen LogP contribution in [-0.2, 0) is 6.54 Å². The van der Waals surface area contributed by atoms with E-state index < -0.39 is 0 Å². The minimum Gasteiger partial charge on any atom is -0.334 e. The van der Waals surface area contributed by atoms with Crippen molar-refractivity contribution in [3.05, 3.63) is 94.2 Å². The summed E-state index contributed by atoms with van der Waals surface area (Å²) in [5, 5.41) is 3.00. The van der Waals surface area contributed by atoms with E-state index in [4.69, 9.17) is 0 Å². The predicted octanol–water partition coefficient (Wildman–Crippen LogP) is 5.19. The Morgan fingerprint density at radius 2 is 1.85 bits per heavy atom. The van der Waals surface area contributed by atoms with Crippen LogP contribution >= 0.6 is 11.3 Å². The van der Waals surface area contributed by atoms with Crippen molar-refractivity contribution in [2.45, 2.75) is 26.4 Å². The van der Waals surface area contributed by atoms with Crippen LogP contribution < -0.4 is 0 Å². The highest BCUT2D eigenvalue weighted by Crippen LogP contribution is 2.28. The van der Waals surface area contributed by atoms with Crippen LogP contribution in [0.1, 0.15) is 38.9 Å². The number of fused-ring (bicyclic) bond motifs is 1. The van der Waals surface area contributed by atoms with Gasteiger partial charge >= 0.3 is 0 Å². The van der Waals surface area contributed by atoms with Crippen LogP contribution in [0.15, 0.2) is 66.0 Å². The fourth-order valence-electron chi connectivity index (χ4n) is 4.70. The monoisotopic (exact) mass is 475 g/mol. The van der Waals surface area contributed by atoms with Crippen LogP contribution in [0, 0.1) is 12.7 Å². The maximum atomic E-state index is 13.8. The molecule has 2 aromatic carbocycles. The second-order valence-corrected chi connectivity index (χ2v) is 9.73. The van der Waals surface area contributed by atoms with Gasteiger partial charge in [0.05, 0.1) is 0 Å². The Labute approximate surface area is 202 Å². The highest BCUT2D eigenvalue weighted by Gasteiger charge is 2.32. The molecule has 4 aromatic rings. The minimum absolute atomic E-state index is 0.00712. The average Bonchev–Trinajstić information content (AvgIpc) is 3.41. The summed E-state index contributed by atoms with van der Waals surface area (Å²) in [5.74, 6) is -0.342. The van der Waals surface area contributed by atoms with E-state index in [2.05, 4.69) is 0 Å². The highest BCUT2D eigenvalue weighted by atomic mass is 32.1. The Kier molecular flexibility index (Phi) is 5.96. The zero-order chi connectivity index (χ0) is 23.8. The Morgan fingerprint density at radius 3 is 2.62 bits per heavy atom. The van der Waals surface area contributed by atoms with Gasteiger partial charge in [0.15, 0.2) is 0 Å². The van der Waals surface area contributed by atoms with Crippen molar-refractivity contribution in [1.82, 2.24) is 14.4 Å². The van der Waals surface area contributed by atoms with E-state index in [0.717, 1.165) is 21.3 Å². The lowest BCUT2D eigenvalue weighted by Crippen LogP contribution is -2.55. The van der Waals surface area contributed by atoms with Gasteiger partial charge in [0.2, 0.25) is 0 Å². The van der Waals surface area contributed by atoms with Gasteiger partial charge in [0, 0.05) is 43.2 Å². The molecule has 174 valence electrons. The normalized spacial score (nSPS) is 16.3. The highest BCUT2D eigenvalue weighted by molar-refractivity contribution is 7.16. The smallest absolute Gasteiger partial charge is 0.270 e. The Morgan fingerprint density at radius 1 is 1.03 bits per heavy atom. The largest absolute Gasteiger partial charge is 0.334 e. The van der Waals surface area contributed by atoms with Gasteiger partial charge in [0.1, 0.15) is 16.3 Å². The molecule has 7 heteroatoms. The van der Waals surface area contributed by atoms with Crippen molar-refractivity contribution < 1.29 is 14.0 Å². The summed E-state index contributed by atoms with van der Waals surface area (Å²) < 4.78 is 15.8. The lowest BCUT2D eigenvalue weighted by atomic mass is 10.1. The Hall–Kier alpha value is -3.45. The molecule has 0 saturated carbocycles. The summed E-state index contributed by atoms with van der Waals surface area (Å²) in [5.41, 5.74) is 3.06. The van der Waals surface area contributed by atoms with Crippen LogP contribution in [0.3, 0.4) is 0 Å². The number of amides is 2. The van der Waals surface area contributed by atoms with E-state index in [9.17, 15) is 14.0 Å². The van der Waals surface area contributed by atoms with Gasteiger partial charge in [-0.25, -0.2) is 4.39 Å². The topological polar surface area (TPSA) is 45.6 Å². The molecule has 2 amide bonds. The van der Waals surface area contributed by atoms with Crippen molar-refractivity contribution >= 4 is 33.4 Å². The van der Waals surface area contributed by atoms with Crippen LogP contribution in [0.5, 0.6) is 0 Å². The Balaban J connectivity index is 1.37. The molecule has 0 N–H and O–H groups in total. The van der Waals surface area contributed by atoms with Gasteiger partial charge in [-0.2, -0.15) is 0 Å². The third kappa shape index (κ3) is 4.12. The molecule has 5 rings (SSSR count). The summed E-state index contributed by atoms with van der Waals surface area (Å²) in [6.45, 7) is 5.77. The number of rotatable bonds is 4.